The van der Waals surface area contributed by atoms with E-state index in [1.807, 2.05) is 16.2 Å². The number of fused-ring (bicyclic) bond motifs is 1. The van der Waals surface area contributed by atoms with E-state index >= 15 is 0 Å². The Balaban J connectivity index is 1.49. The van der Waals surface area contributed by atoms with Gasteiger partial charge >= 0.3 is 6.03 Å². The Kier molecular flexibility index (Phi) is 5.30. The summed E-state index contributed by atoms with van der Waals surface area (Å²) in [5.74, 6) is 0.623. The number of carbonyl (C=O) groups is 2. The van der Waals surface area contributed by atoms with Gasteiger partial charge in [0.2, 0.25) is 0 Å². The van der Waals surface area contributed by atoms with Gasteiger partial charge in [0.25, 0.3) is 5.91 Å². The number of aromatic nitrogens is 5. The van der Waals surface area contributed by atoms with Crippen LogP contribution in [0.1, 0.15) is 39.9 Å². The Morgan fingerprint density at radius 3 is 2.77 bits per heavy atom. The lowest BCUT2D eigenvalue weighted by Gasteiger charge is -2.21. The summed E-state index contributed by atoms with van der Waals surface area (Å²) in [4.78, 5) is 36.7. The standard InChI is InChI=1S/C20H24N8O2/c1-13-8-22-16(9-21-13)10-23-19(29)15-4-5-17-24-25-18(28(17)12-15)14-6-7-27(11-14)20(30)26(2)3/h4-5,8-9,12,14H,6-7,10-11H2,1-3H3,(H,23,29). The van der Waals surface area contributed by atoms with E-state index in [1.165, 1.54) is 0 Å². The molecule has 3 aromatic rings. The number of pyridine rings is 1. The Labute approximate surface area is 173 Å². The van der Waals surface area contributed by atoms with Crippen LogP contribution in [0.4, 0.5) is 4.79 Å². The van der Waals surface area contributed by atoms with Gasteiger partial charge < -0.3 is 15.1 Å². The van der Waals surface area contributed by atoms with Gasteiger partial charge in [-0.25, -0.2) is 4.79 Å². The van der Waals surface area contributed by atoms with Crippen molar-refractivity contribution in [1.29, 1.82) is 0 Å². The van der Waals surface area contributed by atoms with Crippen molar-refractivity contribution >= 4 is 17.6 Å². The van der Waals surface area contributed by atoms with Crippen LogP contribution in [0.5, 0.6) is 0 Å². The Bertz CT molecular complexity index is 1080. The van der Waals surface area contributed by atoms with Gasteiger partial charge in [0, 0.05) is 45.5 Å². The molecule has 30 heavy (non-hydrogen) atoms. The number of nitrogens with zero attached hydrogens (tertiary/aromatic N) is 7. The van der Waals surface area contributed by atoms with E-state index in [0.29, 0.717) is 36.5 Å². The van der Waals surface area contributed by atoms with Crippen LogP contribution in [0.15, 0.2) is 30.7 Å². The molecule has 1 fully saturated rings. The van der Waals surface area contributed by atoms with Crippen LogP contribution in [-0.4, -0.2) is 73.5 Å². The topological polar surface area (TPSA) is 109 Å². The molecule has 156 valence electrons. The summed E-state index contributed by atoms with van der Waals surface area (Å²) in [5.41, 5.74) is 2.69. The molecular weight excluding hydrogens is 384 g/mol. The highest BCUT2D eigenvalue weighted by atomic mass is 16.2. The molecule has 0 radical (unpaired) electrons. The van der Waals surface area contributed by atoms with E-state index in [-0.39, 0.29) is 17.9 Å². The van der Waals surface area contributed by atoms with Crippen molar-refractivity contribution in [2.75, 3.05) is 27.2 Å². The molecule has 0 aromatic carbocycles. The van der Waals surface area contributed by atoms with Crippen molar-refractivity contribution in [3.63, 3.8) is 0 Å². The molecule has 3 aromatic heterocycles. The minimum atomic E-state index is -0.213. The minimum Gasteiger partial charge on any atom is -0.346 e. The molecule has 0 saturated carbocycles. The van der Waals surface area contributed by atoms with Crippen molar-refractivity contribution in [1.82, 2.24) is 39.7 Å². The van der Waals surface area contributed by atoms with E-state index in [4.69, 9.17) is 0 Å². The number of likely N-dealkylation sites (tertiary alicyclic amines) is 1. The largest absolute Gasteiger partial charge is 0.346 e. The summed E-state index contributed by atoms with van der Waals surface area (Å²) in [5, 5.41) is 11.4. The molecule has 0 bridgehead atoms. The predicted molar refractivity (Wildman–Crippen MR) is 109 cm³/mol. The van der Waals surface area contributed by atoms with Crippen LogP contribution in [0.25, 0.3) is 5.65 Å². The zero-order valence-electron chi connectivity index (χ0n) is 17.2. The number of nitrogens with one attached hydrogen (secondary N) is 1. The van der Waals surface area contributed by atoms with Crippen molar-refractivity contribution in [3.05, 3.63) is 53.5 Å². The lowest BCUT2D eigenvalue weighted by molar-refractivity contribution is 0.0950. The third kappa shape index (κ3) is 3.93. The first-order chi connectivity index (χ1) is 14.4. The van der Waals surface area contributed by atoms with Crippen LogP contribution in [-0.2, 0) is 6.54 Å². The van der Waals surface area contributed by atoms with Gasteiger partial charge in [-0.1, -0.05) is 0 Å². The first-order valence-electron chi connectivity index (χ1n) is 9.79. The third-order valence-electron chi connectivity index (χ3n) is 5.16. The smallest absolute Gasteiger partial charge is 0.319 e. The summed E-state index contributed by atoms with van der Waals surface area (Å²) in [7, 11) is 3.49. The summed E-state index contributed by atoms with van der Waals surface area (Å²) in [6.45, 7) is 3.42. The van der Waals surface area contributed by atoms with Crippen molar-refractivity contribution in [2.24, 2.45) is 0 Å². The van der Waals surface area contributed by atoms with Crippen LogP contribution >= 0.6 is 0 Å². The highest BCUT2D eigenvalue weighted by Crippen LogP contribution is 2.27. The first-order valence-corrected chi connectivity index (χ1v) is 9.79. The van der Waals surface area contributed by atoms with Gasteiger partial charge in [-0.15, -0.1) is 10.2 Å². The Hall–Kier alpha value is -3.56. The quantitative estimate of drug-likeness (QED) is 0.696. The summed E-state index contributed by atoms with van der Waals surface area (Å²) in [6, 6.07) is 3.49. The predicted octanol–water partition coefficient (Wildman–Crippen LogP) is 1.23. The maximum Gasteiger partial charge on any atom is 0.319 e. The fourth-order valence-electron chi connectivity index (χ4n) is 3.53. The molecular formula is C20H24N8O2. The zero-order valence-corrected chi connectivity index (χ0v) is 17.2. The number of rotatable bonds is 4. The molecule has 10 heteroatoms. The Morgan fingerprint density at radius 1 is 1.20 bits per heavy atom. The second-order valence-corrected chi connectivity index (χ2v) is 7.64. The highest BCUT2D eigenvalue weighted by molar-refractivity contribution is 5.94. The molecule has 1 saturated heterocycles. The number of carbonyl (C=O) groups excluding carboxylic acids is 2. The van der Waals surface area contributed by atoms with E-state index in [1.54, 1.807) is 49.7 Å². The van der Waals surface area contributed by atoms with E-state index < -0.39 is 0 Å². The van der Waals surface area contributed by atoms with Crippen LogP contribution in [0.3, 0.4) is 0 Å². The van der Waals surface area contributed by atoms with Gasteiger partial charge in [-0.3, -0.25) is 19.2 Å². The lowest BCUT2D eigenvalue weighted by atomic mass is 10.1. The number of hydrogen-bond donors (Lipinski definition) is 1. The molecule has 1 aliphatic rings. The summed E-state index contributed by atoms with van der Waals surface area (Å²) < 4.78 is 1.84. The molecule has 10 nitrogen and oxygen atoms in total. The second-order valence-electron chi connectivity index (χ2n) is 7.64. The number of aryl methyl sites for hydroxylation is 1. The van der Waals surface area contributed by atoms with Gasteiger partial charge in [0.15, 0.2) is 5.65 Å². The van der Waals surface area contributed by atoms with E-state index in [2.05, 4.69) is 25.5 Å². The number of hydrogen-bond acceptors (Lipinski definition) is 6. The van der Waals surface area contributed by atoms with Gasteiger partial charge in [0.05, 0.1) is 29.7 Å². The van der Waals surface area contributed by atoms with Crippen molar-refractivity contribution < 1.29 is 9.59 Å². The average Bonchev–Trinajstić information content (AvgIpc) is 3.38. The SMILES string of the molecule is Cc1cnc(CNC(=O)c2ccc3nnc(C4CCN(C(=O)N(C)C)C4)n3c2)cn1. The average molecular weight is 408 g/mol. The number of amides is 3. The normalized spacial score (nSPS) is 16.1. The third-order valence-corrected chi connectivity index (χ3v) is 5.16. The molecule has 4 rings (SSSR count). The maximum atomic E-state index is 12.6. The monoisotopic (exact) mass is 408 g/mol. The maximum absolute atomic E-state index is 12.6. The van der Waals surface area contributed by atoms with Crippen molar-refractivity contribution in [3.8, 4) is 0 Å². The van der Waals surface area contributed by atoms with Crippen molar-refractivity contribution in [2.45, 2.75) is 25.8 Å². The molecule has 1 unspecified atom stereocenters. The van der Waals surface area contributed by atoms with Gasteiger partial charge in [0.1, 0.15) is 5.82 Å². The molecule has 1 atom stereocenters. The molecule has 4 heterocycles. The molecule has 1 aliphatic heterocycles. The molecule has 1 N–H and O–H groups in total. The molecule has 0 spiro atoms. The van der Waals surface area contributed by atoms with E-state index in [0.717, 1.165) is 17.9 Å². The second kappa shape index (κ2) is 8.05. The Morgan fingerprint density at radius 2 is 2.03 bits per heavy atom. The van der Waals surface area contributed by atoms with Crippen LogP contribution in [0.2, 0.25) is 0 Å². The van der Waals surface area contributed by atoms with Gasteiger partial charge in [-0.05, 0) is 25.5 Å². The highest BCUT2D eigenvalue weighted by Gasteiger charge is 2.31. The fourth-order valence-corrected chi connectivity index (χ4v) is 3.53. The summed E-state index contributed by atoms with van der Waals surface area (Å²) >= 11 is 0. The fraction of sp³-hybridized carbons (Fsp3) is 0.400. The van der Waals surface area contributed by atoms with Crippen LogP contribution < -0.4 is 5.32 Å². The first kappa shape index (κ1) is 19.7. The number of urea groups is 1. The molecule has 0 aliphatic carbocycles. The van der Waals surface area contributed by atoms with E-state index in [9.17, 15) is 9.59 Å². The molecule has 3 amide bonds. The minimum absolute atomic E-state index is 0.00871. The lowest BCUT2D eigenvalue weighted by Crippen LogP contribution is -2.37. The van der Waals surface area contributed by atoms with Gasteiger partial charge in [-0.2, -0.15) is 0 Å². The van der Waals surface area contributed by atoms with Crippen LogP contribution in [0, 0.1) is 6.92 Å². The zero-order chi connectivity index (χ0) is 21.3. The summed E-state index contributed by atoms with van der Waals surface area (Å²) in [6.07, 6.45) is 5.88.